The Labute approximate surface area is 93.2 Å². The van der Waals surface area contributed by atoms with Crippen molar-refractivity contribution in [2.45, 2.75) is 33.2 Å². The van der Waals surface area contributed by atoms with Gasteiger partial charge in [-0.15, -0.1) is 6.58 Å². The van der Waals surface area contributed by atoms with Crippen LogP contribution in [0.4, 0.5) is 0 Å². The van der Waals surface area contributed by atoms with Crippen LogP contribution in [0.15, 0.2) is 36.4 Å². The fraction of sp³-hybridized carbons (Fsp3) is 0.429. The monoisotopic (exact) mass is 203 g/mol. The van der Waals surface area contributed by atoms with Gasteiger partial charge in [-0.2, -0.15) is 0 Å². The molecule has 0 fully saturated rings. The van der Waals surface area contributed by atoms with Crippen LogP contribution in [0.2, 0.25) is 0 Å². The number of aryl methyl sites for hydroxylation is 1. The minimum absolute atomic E-state index is 0.970. The maximum atomic E-state index is 3.89. The normalized spacial score (nSPS) is 10.3. The van der Waals surface area contributed by atoms with Gasteiger partial charge in [-0.25, -0.2) is 0 Å². The van der Waals surface area contributed by atoms with Crippen molar-refractivity contribution in [2.24, 2.45) is 0 Å². The van der Waals surface area contributed by atoms with Crippen LogP contribution in [-0.2, 0) is 13.0 Å². The predicted molar refractivity (Wildman–Crippen MR) is 67.0 cm³/mol. The van der Waals surface area contributed by atoms with Crippen molar-refractivity contribution >= 4 is 0 Å². The molecule has 0 saturated heterocycles. The molecule has 1 rings (SSSR count). The summed E-state index contributed by atoms with van der Waals surface area (Å²) in [4.78, 5) is 0. The molecule has 1 N–H and O–H groups in total. The second kappa shape index (κ2) is 6.41. The van der Waals surface area contributed by atoms with E-state index in [1.54, 1.807) is 0 Å². The summed E-state index contributed by atoms with van der Waals surface area (Å²) in [6.07, 6.45) is 2.17. The summed E-state index contributed by atoms with van der Waals surface area (Å²) < 4.78 is 0. The van der Waals surface area contributed by atoms with Crippen molar-refractivity contribution < 1.29 is 0 Å². The molecule has 0 aliphatic rings. The minimum Gasteiger partial charge on any atom is -0.312 e. The highest BCUT2D eigenvalue weighted by molar-refractivity contribution is 5.26. The lowest BCUT2D eigenvalue weighted by atomic mass is 10.1. The zero-order chi connectivity index (χ0) is 11.1. The van der Waals surface area contributed by atoms with Crippen LogP contribution in [0, 0.1) is 0 Å². The zero-order valence-corrected chi connectivity index (χ0v) is 9.84. The van der Waals surface area contributed by atoms with Crippen molar-refractivity contribution in [3.63, 3.8) is 0 Å². The molecule has 1 nitrogen and oxygen atoms in total. The SMILES string of the molecule is C=C(C)CCNCc1ccccc1CC. The van der Waals surface area contributed by atoms with E-state index in [0.29, 0.717) is 0 Å². The predicted octanol–water partition coefficient (Wildman–Crippen LogP) is 3.30. The van der Waals surface area contributed by atoms with Crippen LogP contribution < -0.4 is 5.32 Å². The third-order valence-electron chi connectivity index (χ3n) is 2.54. The fourth-order valence-electron chi connectivity index (χ4n) is 1.60. The Morgan fingerprint density at radius 1 is 1.27 bits per heavy atom. The first-order valence-electron chi connectivity index (χ1n) is 5.66. The third kappa shape index (κ3) is 4.30. The molecule has 0 radical (unpaired) electrons. The lowest BCUT2D eigenvalue weighted by Crippen LogP contribution is -2.15. The average molecular weight is 203 g/mol. The molecule has 82 valence electrons. The van der Waals surface area contributed by atoms with Gasteiger partial charge in [-0.3, -0.25) is 0 Å². The Balaban J connectivity index is 2.39. The molecular formula is C14H21N. The van der Waals surface area contributed by atoms with Gasteiger partial charge in [0.15, 0.2) is 0 Å². The molecule has 0 aliphatic carbocycles. The number of hydrogen-bond acceptors (Lipinski definition) is 1. The first-order chi connectivity index (χ1) is 7.24. The first-order valence-corrected chi connectivity index (χ1v) is 5.66. The summed E-state index contributed by atoms with van der Waals surface area (Å²) in [5.74, 6) is 0. The first kappa shape index (κ1) is 12.0. The highest BCUT2D eigenvalue weighted by Gasteiger charge is 1.98. The Bertz CT molecular complexity index is 315. The second-order valence-corrected chi connectivity index (χ2v) is 4.01. The molecule has 0 heterocycles. The maximum Gasteiger partial charge on any atom is 0.0208 e. The standard InChI is InChI=1S/C14H21N/c1-4-13-7-5-6-8-14(13)11-15-10-9-12(2)3/h5-8,15H,2,4,9-11H2,1,3H3. The zero-order valence-electron chi connectivity index (χ0n) is 9.84. The summed E-state index contributed by atoms with van der Waals surface area (Å²) in [5, 5.41) is 3.45. The molecule has 0 atom stereocenters. The van der Waals surface area contributed by atoms with Crippen LogP contribution in [0.3, 0.4) is 0 Å². The lowest BCUT2D eigenvalue weighted by molar-refractivity contribution is 0.680. The van der Waals surface area contributed by atoms with Crippen LogP contribution >= 0.6 is 0 Å². The van der Waals surface area contributed by atoms with Crippen LogP contribution in [0.1, 0.15) is 31.4 Å². The van der Waals surface area contributed by atoms with E-state index in [2.05, 4.69) is 50.0 Å². The quantitative estimate of drug-likeness (QED) is 0.552. The molecule has 0 aromatic heterocycles. The minimum atomic E-state index is 0.970. The summed E-state index contributed by atoms with van der Waals surface area (Å²) in [6.45, 7) is 10.2. The molecule has 15 heavy (non-hydrogen) atoms. The molecule has 0 bridgehead atoms. The molecule has 0 saturated carbocycles. The molecule has 0 aliphatic heterocycles. The molecule has 1 heteroatoms. The topological polar surface area (TPSA) is 12.0 Å². The Morgan fingerprint density at radius 2 is 1.93 bits per heavy atom. The van der Waals surface area contributed by atoms with E-state index in [0.717, 1.165) is 25.9 Å². The van der Waals surface area contributed by atoms with Gasteiger partial charge in [-0.05, 0) is 37.4 Å². The van der Waals surface area contributed by atoms with Crippen molar-refractivity contribution in [2.75, 3.05) is 6.54 Å². The van der Waals surface area contributed by atoms with Gasteiger partial charge in [0, 0.05) is 6.54 Å². The lowest BCUT2D eigenvalue weighted by Gasteiger charge is -2.08. The number of hydrogen-bond donors (Lipinski definition) is 1. The van der Waals surface area contributed by atoms with Gasteiger partial charge < -0.3 is 5.32 Å². The summed E-state index contributed by atoms with van der Waals surface area (Å²) in [7, 11) is 0. The second-order valence-electron chi connectivity index (χ2n) is 4.01. The fourth-order valence-corrected chi connectivity index (χ4v) is 1.60. The van der Waals surface area contributed by atoms with E-state index in [9.17, 15) is 0 Å². The molecular weight excluding hydrogens is 182 g/mol. The number of nitrogens with one attached hydrogen (secondary N) is 1. The molecule has 0 spiro atoms. The van der Waals surface area contributed by atoms with Gasteiger partial charge in [0.1, 0.15) is 0 Å². The molecule has 0 amide bonds. The van der Waals surface area contributed by atoms with Crippen LogP contribution in [-0.4, -0.2) is 6.54 Å². The molecule has 1 aromatic carbocycles. The van der Waals surface area contributed by atoms with E-state index in [-0.39, 0.29) is 0 Å². The third-order valence-corrected chi connectivity index (χ3v) is 2.54. The average Bonchev–Trinajstić information content (AvgIpc) is 2.24. The number of rotatable bonds is 6. The Morgan fingerprint density at radius 3 is 2.53 bits per heavy atom. The Kier molecular flexibility index (Phi) is 5.13. The smallest absolute Gasteiger partial charge is 0.0208 e. The van der Waals surface area contributed by atoms with Gasteiger partial charge >= 0.3 is 0 Å². The highest BCUT2D eigenvalue weighted by atomic mass is 14.8. The van der Waals surface area contributed by atoms with E-state index in [1.807, 2.05) is 0 Å². The van der Waals surface area contributed by atoms with Gasteiger partial charge in [0.05, 0.1) is 0 Å². The van der Waals surface area contributed by atoms with E-state index >= 15 is 0 Å². The van der Waals surface area contributed by atoms with Crippen molar-refractivity contribution in [3.05, 3.63) is 47.5 Å². The van der Waals surface area contributed by atoms with Crippen molar-refractivity contribution in [1.29, 1.82) is 0 Å². The summed E-state index contributed by atoms with van der Waals surface area (Å²) in [5.41, 5.74) is 4.10. The van der Waals surface area contributed by atoms with E-state index in [1.165, 1.54) is 16.7 Å². The van der Waals surface area contributed by atoms with Crippen LogP contribution in [0.5, 0.6) is 0 Å². The van der Waals surface area contributed by atoms with Gasteiger partial charge in [-0.1, -0.05) is 36.8 Å². The van der Waals surface area contributed by atoms with Crippen molar-refractivity contribution in [3.8, 4) is 0 Å². The van der Waals surface area contributed by atoms with E-state index in [4.69, 9.17) is 0 Å². The largest absolute Gasteiger partial charge is 0.312 e. The summed E-state index contributed by atoms with van der Waals surface area (Å²) in [6, 6.07) is 8.62. The van der Waals surface area contributed by atoms with Crippen LogP contribution in [0.25, 0.3) is 0 Å². The maximum absolute atomic E-state index is 3.89. The molecule has 1 aromatic rings. The van der Waals surface area contributed by atoms with Crippen molar-refractivity contribution in [1.82, 2.24) is 5.32 Å². The molecule has 0 unspecified atom stereocenters. The van der Waals surface area contributed by atoms with Gasteiger partial charge in [0.25, 0.3) is 0 Å². The van der Waals surface area contributed by atoms with E-state index < -0.39 is 0 Å². The Hall–Kier alpha value is -1.08. The summed E-state index contributed by atoms with van der Waals surface area (Å²) >= 11 is 0. The highest BCUT2D eigenvalue weighted by Crippen LogP contribution is 2.08. The number of benzene rings is 1. The van der Waals surface area contributed by atoms with Gasteiger partial charge in [0.2, 0.25) is 0 Å².